The van der Waals surface area contributed by atoms with Crippen LogP contribution in [0.25, 0.3) is 0 Å². The first-order chi connectivity index (χ1) is 7.66. The number of benzene rings is 2. The van der Waals surface area contributed by atoms with Gasteiger partial charge in [-0.25, -0.2) is 0 Å². The topological polar surface area (TPSA) is 0 Å². The Morgan fingerprint density at radius 2 is 1.00 bits per heavy atom. The van der Waals surface area contributed by atoms with Gasteiger partial charge in [0.15, 0.2) is 0 Å². The molecule has 0 saturated heterocycles. The first-order valence-corrected chi connectivity index (χ1v) is 5.76. The van der Waals surface area contributed by atoms with Crippen molar-refractivity contribution in [3.05, 3.63) is 76.6 Å². The normalized spacial score (nSPS) is 10.8. The van der Waals surface area contributed by atoms with Crippen molar-refractivity contribution in [2.45, 2.75) is 5.92 Å². The zero-order valence-corrected chi connectivity index (χ0v) is 10.2. The van der Waals surface area contributed by atoms with Gasteiger partial charge in [0.25, 0.3) is 0 Å². The van der Waals surface area contributed by atoms with E-state index in [0.717, 1.165) is 21.2 Å². The van der Waals surface area contributed by atoms with Gasteiger partial charge in [0.1, 0.15) is 0 Å². The Labute approximate surface area is 106 Å². The van der Waals surface area contributed by atoms with Crippen molar-refractivity contribution < 1.29 is 0 Å². The molecule has 0 bridgehead atoms. The summed E-state index contributed by atoms with van der Waals surface area (Å²) in [6.07, 6.45) is 0. The Hall–Kier alpha value is -0.980. The highest BCUT2D eigenvalue weighted by molar-refractivity contribution is 6.30. The largest absolute Gasteiger partial charge is 0.0843 e. The zero-order chi connectivity index (χ0) is 11.5. The first kappa shape index (κ1) is 11.5. The van der Waals surface area contributed by atoms with Gasteiger partial charge < -0.3 is 0 Å². The maximum Gasteiger partial charge on any atom is 0.0406 e. The van der Waals surface area contributed by atoms with Crippen LogP contribution in [0, 0.1) is 6.92 Å². The van der Waals surface area contributed by atoms with Gasteiger partial charge in [-0.05, 0) is 42.3 Å². The van der Waals surface area contributed by atoms with E-state index in [2.05, 4.69) is 6.92 Å². The molecule has 81 valence electrons. The first-order valence-electron chi connectivity index (χ1n) is 5.01. The summed E-state index contributed by atoms with van der Waals surface area (Å²) in [5, 5.41) is 1.49. The van der Waals surface area contributed by atoms with Crippen LogP contribution in [0.5, 0.6) is 0 Å². The van der Waals surface area contributed by atoms with E-state index in [1.807, 2.05) is 48.5 Å². The van der Waals surface area contributed by atoms with Crippen LogP contribution in [0.4, 0.5) is 0 Å². The molecule has 16 heavy (non-hydrogen) atoms. The summed E-state index contributed by atoms with van der Waals surface area (Å²) in [7, 11) is 0. The number of halogens is 2. The lowest BCUT2D eigenvalue weighted by molar-refractivity contribution is 1.02. The molecule has 2 rings (SSSR count). The molecule has 0 fully saturated rings. The van der Waals surface area contributed by atoms with Gasteiger partial charge in [-0.3, -0.25) is 0 Å². The summed E-state index contributed by atoms with van der Waals surface area (Å²) in [6, 6.07) is 15.5. The van der Waals surface area contributed by atoms with Gasteiger partial charge in [-0.1, -0.05) is 47.5 Å². The van der Waals surface area contributed by atoms with E-state index < -0.39 is 0 Å². The Morgan fingerprint density at radius 1 is 0.688 bits per heavy atom. The van der Waals surface area contributed by atoms with E-state index in [0.29, 0.717) is 0 Å². The van der Waals surface area contributed by atoms with Gasteiger partial charge in [0.05, 0.1) is 0 Å². The highest BCUT2D eigenvalue weighted by atomic mass is 35.5. The van der Waals surface area contributed by atoms with Gasteiger partial charge in [-0.2, -0.15) is 0 Å². The predicted molar refractivity (Wildman–Crippen MR) is 70.1 cm³/mol. The summed E-state index contributed by atoms with van der Waals surface area (Å²) < 4.78 is 0. The van der Waals surface area contributed by atoms with E-state index in [1.54, 1.807) is 0 Å². The van der Waals surface area contributed by atoms with Crippen molar-refractivity contribution in [1.29, 1.82) is 0 Å². The van der Waals surface area contributed by atoms with Crippen LogP contribution in [-0.4, -0.2) is 0 Å². The third kappa shape index (κ3) is 2.58. The van der Waals surface area contributed by atoms with Gasteiger partial charge in [0.2, 0.25) is 0 Å². The average Bonchev–Trinajstić information content (AvgIpc) is 2.30. The molecule has 0 N–H and O–H groups in total. The molecule has 1 radical (unpaired) electrons. The third-order valence-electron chi connectivity index (χ3n) is 2.54. The average molecular weight is 250 g/mol. The fourth-order valence-electron chi connectivity index (χ4n) is 1.58. The second kappa shape index (κ2) is 4.90. The molecule has 0 saturated carbocycles. The fraction of sp³-hybridized carbons (Fsp3) is 0.0714. The fourth-order valence-corrected chi connectivity index (χ4v) is 1.83. The standard InChI is InChI=1S/C14H11Cl2/c1-10(11-2-6-13(15)7-3-11)12-4-8-14(16)9-5-12/h2-10H,1H2. The Balaban J connectivity index is 2.28. The molecule has 0 atom stereocenters. The van der Waals surface area contributed by atoms with Crippen LogP contribution in [0.3, 0.4) is 0 Å². The molecule has 0 aliphatic carbocycles. The summed E-state index contributed by atoms with van der Waals surface area (Å²) in [5.41, 5.74) is 2.29. The van der Waals surface area contributed by atoms with E-state index in [9.17, 15) is 0 Å². The van der Waals surface area contributed by atoms with Crippen LogP contribution in [-0.2, 0) is 0 Å². The van der Waals surface area contributed by atoms with Gasteiger partial charge in [-0.15, -0.1) is 0 Å². The molecule has 0 heterocycles. The predicted octanol–water partition coefficient (Wildman–Crippen LogP) is 4.96. The zero-order valence-electron chi connectivity index (χ0n) is 8.66. The number of hydrogen-bond donors (Lipinski definition) is 0. The second-order valence-corrected chi connectivity index (χ2v) is 4.53. The van der Waals surface area contributed by atoms with Crippen molar-refractivity contribution in [2.24, 2.45) is 0 Å². The SMILES string of the molecule is [CH2]C(c1ccc(Cl)cc1)c1ccc(Cl)cc1. The maximum atomic E-state index is 5.85. The molecule has 0 aliphatic heterocycles. The monoisotopic (exact) mass is 249 g/mol. The minimum absolute atomic E-state index is 0.106. The number of hydrogen-bond acceptors (Lipinski definition) is 0. The molecule has 0 unspecified atom stereocenters. The van der Waals surface area contributed by atoms with E-state index in [1.165, 1.54) is 0 Å². The van der Waals surface area contributed by atoms with Crippen LogP contribution in [0.2, 0.25) is 10.0 Å². The van der Waals surface area contributed by atoms with Crippen LogP contribution >= 0.6 is 23.2 Å². The minimum atomic E-state index is 0.106. The van der Waals surface area contributed by atoms with Crippen molar-refractivity contribution in [3.8, 4) is 0 Å². The van der Waals surface area contributed by atoms with E-state index in [-0.39, 0.29) is 5.92 Å². The maximum absolute atomic E-state index is 5.85. The summed E-state index contributed by atoms with van der Waals surface area (Å²) in [6.45, 7) is 4.15. The third-order valence-corrected chi connectivity index (χ3v) is 3.05. The van der Waals surface area contributed by atoms with Gasteiger partial charge in [0, 0.05) is 16.0 Å². The highest BCUT2D eigenvalue weighted by Gasteiger charge is 2.07. The van der Waals surface area contributed by atoms with Crippen LogP contribution in [0.15, 0.2) is 48.5 Å². The Morgan fingerprint density at radius 3 is 1.31 bits per heavy atom. The molecule has 0 aromatic heterocycles. The Bertz CT molecular complexity index is 412. The van der Waals surface area contributed by atoms with Crippen molar-refractivity contribution in [3.63, 3.8) is 0 Å². The quantitative estimate of drug-likeness (QED) is 0.706. The molecule has 2 aromatic rings. The lowest BCUT2D eigenvalue weighted by atomic mass is 9.93. The summed E-state index contributed by atoms with van der Waals surface area (Å²) in [4.78, 5) is 0. The summed E-state index contributed by atoms with van der Waals surface area (Å²) in [5.74, 6) is 0.106. The molecule has 0 aliphatic rings. The molecule has 0 spiro atoms. The summed E-state index contributed by atoms with van der Waals surface area (Å²) >= 11 is 11.7. The number of rotatable bonds is 2. The van der Waals surface area contributed by atoms with E-state index in [4.69, 9.17) is 23.2 Å². The van der Waals surface area contributed by atoms with Crippen molar-refractivity contribution in [1.82, 2.24) is 0 Å². The molecular formula is C14H11Cl2. The minimum Gasteiger partial charge on any atom is -0.0843 e. The molecular weight excluding hydrogens is 239 g/mol. The molecule has 2 heteroatoms. The lowest BCUT2D eigenvalue weighted by Gasteiger charge is -2.12. The molecule has 0 nitrogen and oxygen atoms in total. The van der Waals surface area contributed by atoms with E-state index >= 15 is 0 Å². The second-order valence-electron chi connectivity index (χ2n) is 3.66. The van der Waals surface area contributed by atoms with Crippen molar-refractivity contribution in [2.75, 3.05) is 0 Å². The van der Waals surface area contributed by atoms with Crippen LogP contribution in [0.1, 0.15) is 17.0 Å². The molecule has 0 amide bonds. The van der Waals surface area contributed by atoms with Gasteiger partial charge >= 0.3 is 0 Å². The lowest BCUT2D eigenvalue weighted by Crippen LogP contribution is -1.95. The van der Waals surface area contributed by atoms with Crippen molar-refractivity contribution >= 4 is 23.2 Å². The smallest absolute Gasteiger partial charge is 0.0406 e. The highest BCUT2D eigenvalue weighted by Crippen LogP contribution is 2.25. The van der Waals surface area contributed by atoms with Crippen LogP contribution < -0.4 is 0 Å². The molecule has 2 aromatic carbocycles. The Kier molecular flexibility index (Phi) is 3.52.